The number of nitrogens with one attached hydrogen (secondary N) is 2. The zero-order valence-corrected chi connectivity index (χ0v) is 11.7. The van der Waals surface area contributed by atoms with Crippen LogP contribution in [0.3, 0.4) is 0 Å². The summed E-state index contributed by atoms with van der Waals surface area (Å²) in [6.07, 6.45) is 1.44. The van der Waals surface area contributed by atoms with Crippen LogP contribution >= 0.6 is 0 Å². The summed E-state index contributed by atoms with van der Waals surface area (Å²) < 4.78 is 0. The highest BCUT2D eigenvalue weighted by Crippen LogP contribution is 1.99. The van der Waals surface area contributed by atoms with E-state index in [1.807, 2.05) is 14.0 Å². The van der Waals surface area contributed by atoms with Crippen LogP contribution in [-0.2, 0) is 6.54 Å². The molecular weight excluding hydrogens is 260 g/mol. The zero-order chi connectivity index (χ0) is 15.0. The largest absolute Gasteiger partial charge is 0.477 e. The molecule has 1 aromatic rings. The molecule has 0 bridgehead atoms. The first-order valence-electron chi connectivity index (χ1n) is 6.41. The lowest BCUT2D eigenvalue weighted by molar-refractivity contribution is 0.0690. The molecule has 20 heavy (non-hydrogen) atoms. The fourth-order valence-corrected chi connectivity index (χ4v) is 1.42. The Morgan fingerprint density at radius 2 is 2.10 bits per heavy atom. The number of likely N-dealkylation sites (N-methyl/N-ethyl adjacent to an activating group) is 1. The molecule has 0 radical (unpaired) electrons. The molecule has 7 heteroatoms. The number of hydrogen-bond acceptors (Lipinski definition) is 4. The average molecular weight is 280 g/mol. The van der Waals surface area contributed by atoms with E-state index in [4.69, 9.17) is 5.11 Å². The number of urea groups is 1. The van der Waals surface area contributed by atoms with Crippen molar-refractivity contribution < 1.29 is 14.7 Å². The van der Waals surface area contributed by atoms with Gasteiger partial charge in [0.05, 0.1) is 0 Å². The fraction of sp³-hybridized carbons (Fsp3) is 0.462. The maximum atomic E-state index is 11.5. The third kappa shape index (κ3) is 5.66. The van der Waals surface area contributed by atoms with E-state index >= 15 is 0 Å². The van der Waals surface area contributed by atoms with Gasteiger partial charge >= 0.3 is 12.0 Å². The number of carbonyl (C=O) groups excluding carboxylic acids is 1. The maximum absolute atomic E-state index is 11.5. The Morgan fingerprint density at radius 1 is 1.35 bits per heavy atom. The molecule has 0 aromatic carbocycles. The van der Waals surface area contributed by atoms with Crippen LogP contribution in [0.25, 0.3) is 0 Å². The zero-order valence-electron chi connectivity index (χ0n) is 11.7. The minimum Gasteiger partial charge on any atom is -0.477 e. The summed E-state index contributed by atoms with van der Waals surface area (Å²) in [4.78, 5) is 28.0. The van der Waals surface area contributed by atoms with Crippen molar-refractivity contribution in [3.05, 3.63) is 29.6 Å². The molecule has 0 spiro atoms. The van der Waals surface area contributed by atoms with Gasteiger partial charge in [-0.25, -0.2) is 14.6 Å². The highest BCUT2D eigenvalue weighted by molar-refractivity contribution is 5.85. The lowest BCUT2D eigenvalue weighted by atomic mass is 10.2. The fourth-order valence-electron chi connectivity index (χ4n) is 1.42. The Morgan fingerprint density at radius 3 is 2.65 bits per heavy atom. The lowest BCUT2D eigenvalue weighted by Gasteiger charge is -2.14. The smallest absolute Gasteiger partial charge is 0.354 e. The van der Waals surface area contributed by atoms with Gasteiger partial charge in [-0.2, -0.15) is 0 Å². The van der Waals surface area contributed by atoms with Crippen LogP contribution in [0.15, 0.2) is 18.3 Å². The predicted octanol–water partition coefficient (Wildman–Crippen LogP) is 0.531. The molecule has 0 fully saturated rings. The second kappa shape index (κ2) is 8.11. The molecule has 3 N–H and O–H groups in total. The molecule has 7 nitrogen and oxygen atoms in total. The standard InChI is InChI=1S/C13H20N4O3/c1-3-17(2)7-6-14-13(20)16-9-10-4-5-11(12(18)19)15-8-10/h4-5,8H,3,6-7,9H2,1-2H3,(H,18,19)(H2,14,16,20). The molecule has 0 aliphatic carbocycles. The van der Waals surface area contributed by atoms with Gasteiger partial charge in [0.1, 0.15) is 5.69 Å². The van der Waals surface area contributed by atoms with Crippen molar-refractivity contribution >= 4 is 12.0 Å². The van der Waals surface area contributed by atoms with Crippen LogP contribution in [0.2, 0.25) is 0 Å². The summed E-state index contributed by atoms with van der Waals surface area (Å²) in [6, 6.07) is 2.78. The molecular formula is C13H20N4O3. The number of aromatic nitrogens is 1. The Hall–Kier alpha value is -2.15. The summed E-state index contributed by atoms with van der Waals surface area (Å²) in [5.41, 5.74) is 0.733. The van der Waals surface area contributed by atoms with E-state index in [9.17, 15) is 9.59 Å². The van der Waals surface area contributed by atoms with E-state index < -0.39 is 5.97 Å². The first-order valence-corrected chi connectivity index (χ1v) is 6.41. The summed E-state index contributed by atoms with van der Waals surface area (Å²) in [5.74, 6) is -1.07. The molecule has 1 rings (SSSR count). The van der Waals surface area contributed by atoms with Crippen molar-refractivity contribution in [2.24, 2.45) is 0 Å². The normalized spacial score (nSPS) is 10.3. The van der Waals surface area contributed by atoms with E-state index in [1.54, 1.807) is 6.07 Å². The number of carbonyl (C=O) groups is 2. The topological polar surface area (TPSA) is 94.6 Å². The number of nitrogens with zero attached hydrogens (tertiary/aromatic N) is 2. The number of hydrogen-bond donors (Lipinski definition) is 3. The van der Waals surface area contributed by atoms with Crippen LogP contribution in [0.5, 0.6) is 0 Å². The molecule has 0 saturated heterocycles. The second-order valence-electron chi connectivity index (χ2n) is 4.36. The highest BCUT2D eigenvalue weighted by Gasteiger charge is 2.05. The third-order valence-corrected chi connectivity index (χ3v) is 2.82. The molecule has 2 amide bonds. The van der Waals surface area contributed by atoms with Gasteiger partial charge in [-0.05, 0) is 25.2 Å². The van der Waals surface area contributed by atoms with Crippen LogP contribution in [0.1, 0.15) is 23.0 Å². The van der Waals surface area contributed by atoms with Gasteiger partial charge in [-0.1, -0.05) is 13.0 Å². The monoisotopic (exact) mass is 280 g/mol. The first-order chi connectivity index (χ1) is 9.52. The Kier molecular flexibility index (Phi) is 6.45. The molecule has 0 aliphatic rings. The van der Waals surface area contributed by atoms with E-state index in [-0.39, 0.29) is 11.7 Å². The van der Waals surface area contributed by atoms with Crippen molar-refractivity contribution in [1.82, 2.24) is 20.5 Å². The number of carboxylic acid groups (broad SMARTS) is 1. The second-order valence-corrected chi connectivity index (χ2v) is 4.36. The van der Waals surface area contributed by atoms with Crippen LogP contribution in [0.4, 0.5) is 4.79 Å². The Labute approximate surface area is 118 Å². The van der Waals surface area contributed by atoms with Gasteiger partial charge < -0.3 is 20.6 Å². The van der Waals surface area contributed by atoms with Gasteiger partial charge in [-0.15, -0.1) is 0 Å². The number of aromatic carboxylic acids is 1. The van der Waals surface area contributed by atoms with Crippen LogP contribution in [0, 0.1) is 0 Å². The molecule has 0 aliphatic heterocycles. The lowest BCUT2D eigenvalue weighted by Crippen LogP contribution is -2.39. The molecule has 0 unspecified atom stereocenters. The number of carboxylic acids is 1. The van der Waals surface area contributed by atoms with Crippen molar-refractivity contribution in [3.63, 3.8) is 0 Å². The summed E-state index contributed by atoms with van der Waals surface area (Å²) in [7, 11) is 1.98. The van der Waals surface area contributed by atoms with Gasteiger partial charge in [0.2, 0.25) is 0 Å². The van der Waals surface area contributed by atoms with Gasteiger partial charge in [-0.3, -0.25) is 0 Å². The molecule has 110 valence electrons. The van der Waals surface area contributed by atoms with Gasteiger partial charge in [0.25, 0.3) is 0 Å². The van der Waals surface area contributed by atoms with E-state index in [0.717, 1.165) is 18.7 Å². The minimum absolute atomic E-state index is 0.0131. The van der Waals surface area contributed by atoms with Crippen LogP contribution < -0.4 is 10.6 Å². The van der Waals surface area contributed by atoms with Crippen molar-refractivity contribution in [1.29, 1.82) is 0 Å². The molecule has 1 heterocycles. The summed E-state index contributed by atoms with van der Waals surface area (Å²) >= 11 is 0. The third-order valence-electron chi connectivity index (χ3n) is 2.82. The maximum Gasteiger partial charge on any atom is 0.354 e. The van der Waals surface area contributed by atoms with Crippen molar-refractivity contribution in [2.75, 3.05) is 26.7 Å². The van der Waals surface area contributed by atoms with Gasteiger partial charge in [0, 0.05) is 25.8 Å². The SMILES string of the molecule is CCN(C)CCNC(=O)NCc1ccc(C(=O)O)nc1. The molecule has 1 aromatic heterocycles. The minimum atomic E-state index is -1.07. The van der Waals surface area contributed by atoms with Gasteiger partial charge in [0.15, 0.2) is 0 Å². The highest BCUT2D eigenvalue weighted by atomic mass is 16.4. The van der Waals surface area contributed by atoms with E-state index in [0.29, 0.717) is 13.1 Å². The number of rotatable bonds is 7. The molecule has 0 saturated carbocycles. The predicted molar refractivity (Wildman–Crippen MR) is 74.6 cm³/mol. The van der Waals surface area contributed by atoms with E-state index in [1.165, 1.54) is 12.3 Å². The Balaban J connectivity index is 2.28. The first kappa shape index (κ1) is 15.9. The summed E-state index contributed by atoms with van der Waals surface area (Å²) in [5, 5.41) is 14.1. The van der Waals surface area contributed by atoms with Crippen molar-refractivity contribution in [3.8, 4) is 0 Å². The van der Waals surface area contributed by atoms with Crippen LogP contribution in [-0.4, -0.2) is 53.7 Å². The van der Waals surface area contributed by atoms with E-state index in [2.05, 4.69) is 20.5 Å². The Bertz CT molecular complexity index is 447. The van der Waals surface area contributed by atoms with Crippen molar-refractivity contribution in [2.45, 2.75) is 13.5 Å². The average Bonchev–Trinajstić information content (AvgIpc) is 2.45. The number of amides is 2. The number of pyridine rings is 1. The molecule has 0 atom stereocenters. The quantitative estimate of drug-likeness (QED) is 0.677. The summed E-state index contributed by atoms with van der Waals surface area (Å²) in [6.45, 7) is 4.66.